The highest BCUT2D eigenvalue weighted by Crippen LogP contribution is 1.95. The average molecular weight is 182 g/mol. The van der Waals surface area contributed by atoms with Crippen molar-refractivity contribution in [3.05, 3.63) is 12.2 Å². The monoisotopic (exact) mass is 182 g/mol. The summed E-state index contributed by atoms with van der Waals surface area (Å²) in [6, 6.07) is 2.11. The molecule has 0 saturated carbocycles. The number of likely N-dealkylation sites (N-methyl/N-ethyl adjacent to an activating group) is 1. The number of carboxylic acid groups (broad SMARTS) is 1. The Balaban J connectivity index is 3.70. The van der Waals surface area contributed by atoms with Gasteiger partial charge >= 0.3 is 5.97 Å². The molecule has 1 atom stereocenters. The van der Waals surface area contributed by atoms with Gasteiger partial charge in [-0.05, 0) is 14.0 Å². The zero-order chi connectivity index (χ0) is 10.3. The normalized spacial score (nSPS) is 13.1. The van der Waals surface area contributed by atoms with Crippen LogP contribution in [0.5, 0.6) is 0 Å². The Kier molecular flexibility index (Phi) is 5.57. The molecule has 0 heterocycles. The van der Waals surface area contributed by atoms with Crippen molar-refractivity contribution >= 4 is 5.97 Å². The van der Waals surface area contributed by atoms with Crippen LogP contribution in [-0.2, 0) is 4.79 Å². The van der Waals surface area contributed by atoms with Gasteiger partial charge in [0.15, 0.2) is 0 Å². The van der Waals surface area contributed by atoms with Crippen LogP contribution in [0.15, 0.2) is 12.2 Å². The summed E-state index contributed by atoms with van der Waals surface area (Å²) >= 11 is 0. The van der Waals surface area contributed by atoms with Crippen molar-refractivity contribution in [3.63, 3.8) is 0 Å². The van der Waals surface area contributed by atoms with Crippen molar-refractivity contribution in [2.24, 2.45) is 5.92 Å². The second-order valence-electron chi connectivity index (χ2n) is 2.99. The van der Waals surface area contributed by atoms with Gasteiger partial charge in [0, 0.05) is 19.2 Å². The van der Waals surface area contributed by atoms with E-state index in [2.05, 4.69) is 6.07 Å². The first kappa shape index (κ1) is 11.7. The molecule has 0 aliphatic carbocycles. The second kappa shape index (κ2) is 6.21. The van der Waals surface area contributed by atoms with Gasteiger partial charge in [0.25, 0.3) is 0 Å². The standard InChI is InChI=1S/C9H14N2O2/c1-8(6-10)7-11(2)5-3-4-9(12)13/h3-4,8H,5,7H2,1-2H3,(H,12,13). The molecule has 4 heteroatoms. The van der Waals surface area contributed by atoms with Crippen LogP contribution in [0.1, 0.15) is 6.92 Å². The van der Waals surface area contributed by atoms with Crippen molar-refractivity contribution in [2.75, 3.05) is 20.1 Å². The van der Waals surface area contributed by atoms with E-state index in [0.29, 0.717) is 13.1 Å². The Bertz CT molecular complexity index is 230. The fourth-order valence-corrected chi connectivity index (χ4v) is 0.916. The zero-order valence-corrected chi connectivity index (χ0v) is 7.90. The first-order valence-corrected chi connectivity index (χ1v) is 4.04. The van der Waals surface area contributed by atoms with Gasteiger partial charge in [-0.1, -0.05) is 6.08 Å². The first-order valence-electron chi connectivity index (χ1n) is 4.04. The number of carboxylic acids is 1. The third-order valence-electron chi connectivity index (χ3n) is 1.48. The molecule has 0 aromatic rings. The number of aliphatic carboxylic acids is 1. The van der Waals surface area contributed by atoms with Crippen LogP contribution in [-0.4, -0.2) is 36.1 Å². The molecule has 0 spiro atoms. The Hall–Kier alpha value is -1.34. The molecule has 0 aromatic heterocycles. The molecule has 0 amide bonds. The van der Waals surface area contributed by atoms with E-state index in [1.165, 1.54) is 0 Å². The van der Waals surface area contributed by atoms with Crippen LogP contribution >= 0.6 is 0 Å². The predicted molar refractivity (Wildman–Crippen MR) is 49.0 cm³/mol. The van der Waals surface area contributed by atoms with E-state index in [4.69, 9.17) is 10.4 Å². The predicted octanol–water partition coefficient (Wildman–Crippen LogP) is 0.719. The third kappa shape index (κ3) is 7.04. The van der Waals surface area contributed by atoms with Gasteiger partial charge in [-0.25, -0.2) is 4.79 Å². The fourth-order valence-electron chi connectivity index (χ4n) is 0.916. The molecule has 0 saturated heterocycles. The van der Waals surface area contributed by atoms with Crippen LogP contribution in [0.2, 0.25) is 0 Å². The molecule has 0 bridgehead atoms. The Labute approximate surface area is 78.1 Å². The molecule has 72 valence electrons. The van der Waals surface area contributed by atoms with Crippen molar-refractivity contribution in [2.45, 2.75) is 6.92 Å². The van der Waals surface area contributed by atoms with E-state index >= 15 is 0 Å². The minimum absolute atomic E-state index is 0.0248. The summed E-state index contributed by atoms with van der Waals surface area (Å²) < 4.78 is 0. The number of rotatable bonds is 5. The van der Waals surface area contributed by atoms with Gasteiger partial charge < -0.3 is 10.0 Å². The minimum Gasteiger partial charge on any atom is -0.478 e. The number of carbonyl (C=O) groups is 1. The Morgan fingerprint density at radius 1 is 1.77 bits per heavy atom. The highest BCUT2D eigenvalue weighted by atomic mass is 16.4. The summed E-state index contributed by atoms with van der Waals surface area (Å²) in [6.07, 6.45) is 2.67. The molecule has 1 N–H and O–H groups in total. The molecule has 0 radical (unpaired) electrons. The zero-order valence-electron chi connectivity index (χ0n) is 7.90. The fraction of sp³-hybridized carbons (Fsp3) is 0.556. The van der Waals surface area contributed by atoms with Crippen LogP contribution in [0, 0.1) is 17.2 Å². The largest absolute Gasteiger partial charge is 0.478 e. The van der Waals surface area contributed by atoms with E-state index in [-0.39, 0.29) is 5.92 Å². The molecule has 0 aromatic carbocycles. The summed E-state index contributed by atoms with van der Waals surface area (Å²) in [5, 5.41) is 16.8. The lowest BCUT2D eigenvalue weighted by Gasteiger charge is -2.14. The van der Waals surface area contributed by atoms with Crippen LogP contribution in [0.25, 0.3) is 0 Å². The van der Waals surface area contributed by atoms with Gasteiger partial charge in [0.2, 0.25) is 0 Å². The average Bonchev–Trinajstić information content (AvgIpc) is 2.03. The molecule has 1 unspecified atom stereocenters. The molecule has 0 rings (SSSR count). The number of hydrogen-bond donors (Lipinski definition) is 1. The van der Waals surface area contributed by atoms with E-state index < -0.39 is 5.97 Å². The van der Waals surface area contributed by atoms with Crippen LogP contribution in [0.3, 0.4) is 0 Å². The summed E-state index contributed by atoms with van der Waals surface area (Å²) in [4.78, 5) is 12.0. The lowest BCUT2D eigenvalue weighted by atomic mass is 10.2. The molecule has 4 nitrogen and oxygen atoms in total. The first-order chi connectivity index (χ1) is 6.06. The molecular weight excluding hydrogens is 168 g/mol. The third-order valence-corrected chi connectivity index (χ3v) is 1.48. The van der Waals surface area contributed by atoms with E-state index in [1.54, 1.807) is 6.08 Å². The summed E-state index contributed by atoms with van der Waals surface area (Å²) in [7, 11) is 1.85. The highest BCUT2D eigenvalue weighted by Gasteiger charge is 2.02. The highest BCUT2D eigenvalue weighted by molar-refractivity contribution is 5.79. The van der Waals surface area contributed by atoms with E-state index in [1.807, 2.05) is 18.9 Å². The van der Waals surface area contributed by atoms with Gasteiger partial charge in [0.05, 0.1) is 12.0 Å². The molecule has 0 aliphatic heterocycles. The lowest BCUT2D eigenvalue weighted by molar-refractivity contribution is -0.131. The maximum absolute atomic E-state index is 10.1. The quantitative estimate of drug-likeness (QED) is 0.636. The number of hydrogen-bond acceptors (Lipinski definition) is 3. The van der Waals surface area contributed by atoms with Crippen molar-refractivity contribution in [1.82, 2.24) is 4.90 Å². The maximum atomic E-state index is 10.1. The smallest absolute Gasteiger partial charge is 0.328 e. The van der Waals surface area contributed by atoms with E-state index in [9.17, 15) is 4.79 Å². The number of nitriles is 1. The van der Waals surface area contributed by atoms with Crippen LogP contribution < -0.4 is 0 Å². The van der Waals surface area contributed by atoms with E-state index in [0.717, 1.165) is 6.08 Å². The number of nitrogens with zero attached hydrogens (tertiary/aromatic N) is 2. The molecular formula is C9H14N2O2. The van der Waals surface area contributed by atoms with Crippen LogP contribution in [0.4, 0.5) is 0 Å². The SMILES string of the molecule is CC(C#N)CN(C)CC=CC(=O)O. The van der Waals surface area contributed by atoms with Crippen molar-refractivity contribution in [3.8, 4) is 6.07 Å². The molecule has 0 fully saturated rings. The van der Waals surface area contributed by atoms with Gasteiger partial charge in [-0.15, -0.1) is 0 Å². The van der Waals surface area contributed by atoms with Gasteiger partial charge in [0.1, 0.15) is 0 Å². The van der Waals surface area contributed by atoms with Crippen molar-refractivity contribution < 1.29 is 9.90 Å². The minimum atomic E-state index is -0.943. The van der Waals surface area contributed by atoms with Crippen molar-refractivity contribution in [1.29, 1.82) is 5.26 Å². The second-order valence-corrected chi connectivity index (χ2v) is 2.99. The summed E-state index contributed by atoms with van der Waals surface area (Å²) in [5.74, 6) is -0.968. The van der Waals surface area contributed by atoms with Gasteiger partial charge in [-0.2, -0.15) is 5.26 Å². The molecule has 0 aliphatic rings. The topological polar surface area (TPSA) is 64.3 Å². The Morgan fingerprint density at radius 3 is 2.85 bits per heavy atom. The summed E-state index contributed by atoms with van der Waals surface area (Å²) in [6.45, 7) is 3.04. The maximum Gasteiger partial charge on any atom is 0.328 e. The molecule has 13 heavy (non-hydrogen) atoms. The lowest BCUT2D eigenvalue weighted by Crippen LogP contribution is -2.23. The Morgan fingerprint density at radius 2 is 2.38 bits per heavy atom. The van der Waals surface area contributed by atoms with Gasteiger partial charge in [-0.3, -0.25) is 0 Å². The summed E-state index contributed by atoms with van der Waals surface area (Å²) in [5.41, 5.74) is 0.